The zero-order valence-electron chi connectivity index (χ0n) is 12.0. The lowest BCUT2D eigenvalue weighted by molar-refractivity contribution is 0.127. The van der Waals surface area contributed by atoms with Gasteiger partial charge in [0.2, 0.25) is 0 Å². The van der Waals surface area contributed by atoms with E-state index in [1.54, 1.807) is 0 Å². The van der Waals surface area contributed by atoms with Gasteiger partial charge in [0.1, 0.15) is 0 Å². The van der Waals surface area contributed by atoms with Gasteiger partial charge in [0.05, 0.1) is 6.10 Å². The van der Waals surface area contributed by atoms with Gasteiger partial charge in [-0.05, 0) is 48.7 Å². The highest BCUT2D eigenvalue weighted by Crippen LogP contribution is 2.32. The Kier molecular flexibility index (Phi) is 4.43. The van der Waals surface area contributed by atoms with Crippen molar-refractivity contribution in [2.45, 2.75) is 19.4 Å². The highest BCUT2D eigenvalue weighted by Gasteiger charge is 2.36. The minimum Gasteiger partial charge on any atom is -0.377 e. The maximum absolute atomic E-state index is 5.53. The summed E-state index contributed by atoms with van der Waals surface area (Å²) in [4.78, 5) is 0. The maximum atomic E-state index is 5.53. The van der Waals surface area contributed by atoms with Gasteiger partial charge >= 0.3 is 0 Å². The van der Waals surface area contributed by atoms with Crippen LogP contribution in [0.5, 0.6) is 0 Å². The molecule has 21 heavy (non-hydrogen) atoms. The van der Waals surface area contributed by atoms with Crippen molar-refractivity contribution in [3.8, 4) is 23.0 Å². The first-order valence-corrected chi connectivity index (χ1v) is 8.04. The van der Waals surface area contributed by atoms with E-state index >= 15 is 0 Å². The zero-order valence-corrected chi connectivity index (χ0v) is 13.6. The fourth-order valence-corrected chi connectivity index (χ4v) is 2.55. The molecule has 106 valence electrons. The van der Waals surface area contributed by atoms with E-state index in [2.05, 4.69) is 76.3 Å². The molecule has 0 amide bonds. The molecule has 0 aromatic heterocycles. The van der Waals surface area contributed by atoms with Crippen molar-refractivity contribution >= 4 is 15.9 Å². The molecule has 1 saturated carbocycles. The molecule has 2 aromatic rings. The number of rotatable bonds is 3. The third-order valence-corrected chi connectivity index (χ3v) is 4.11. The Balaban J connectivity index is 1.67. The summed E-state index contributed by atoms with van der Waals surface area (Å²) in [7, 11) is 0. The van der Waals surface area contributed by atoms with Crippen LogP contribution in [0.25, 0.3) is 11.1 Å². The van der Waals surface area contributed by atoms with Gasteiger partial charge in [-0.3, -0.25) is 0 Å². The Morgan fingerprint density at radius 1 is 1.05 bits per heavy atom. The summed E-state index contributed by atoms with van der Waals surface area (Å²) in [6.45, 7) is 2.81. The summed E-state index contributed by atoms with van der Waals surface area (Å²) in [5.41, 5.74) is 3.50. The normalized spacial score (nSPS) is 19.7. The second kappa shape index (κ2) is 6.47. The van der Waals surface area contributed by atoms with Gasteiger partial charge in [0, 0.05) is 22.6 Å². The summed E-state index contributed by atoms with van der Waals surface area (Å²) < 4.78 is 6.63. The molecule has 3 rings (SSSR count). The van der Waals surface area contributed by atoms with Crippen molar-refractivity contribution in [1.82, 2.24) is 0 Å². The molecule has 1 fully saturated rings. The van der Waals surface area contributed by atoms with Crippen molar-refractivity contribution in [3.05, 3.63) is 58.6 Å². The first-order valence-electron chi connectivity index (χ1n) is 7.25. The third-order valence-electron chi connectivity index (χ3n) is 3.58. The van der Waals surface area contributed by atoms with E-state index in [1.807, 2.05) is 6.92 Å². The first-order chi connectivity index (χ1) is 10.3. The second-order valence-electron chi connectivity index (χ2n) is 5.19. The Labute approximate surface area is 134 Å². The van der Waals surface area contributed by atoms with E-state index in [4.69, 9.17) is 4.74 Å². The minimum atomic E-state index is 0.365. The molecule has 2 heteroatoms. The van der Waals surface area contributed by atoms with Crippen LogP contribution in [0.4, 0.5) is 0 Å². The molecule has 1 aliphatic rings. The van der Waals surface area contributed by atoms with Gasteiger partial charge in [-0.25, -0.2) is 0 Å². The molecule has 0 spiro atoms. The van der Waals surface area contributed by atoms with Crippen LogP contribution in [0.15, 0.2) is 53.0 Å². The summed E-state index contributed by atoms with van der Waals surface area (Å²) in [6, 6.07) is 16.8. The van der Waals surface area contributed by atoms with Gasteiger partial charge in [-0.1, -0.05) is 52.0 Å². The van der Waals surface area contributed by atoms with E-state index in [0.29, 0.717) is 12.0 Å². The van der Waals surface area contributed by atoms with Gasteiger partial charge in [-0.2, -0.15) is 0 Å². The lowest BCUT2D eigenvalue weighted by atomic mass is 10.0. The molecule has 2 atom stereocenters. The highest BCUT2D eigenvalue weighted by atomic mass is 79.9. The van der Waals surface area contributed by atoms with Crippen LogP contribution in [0.1, 0.15) is 18.9 Å². The van der Waals surface area contributed by atoms with E-state index in [-0.39, 0.29) is 0 Å². The SMILES string of the molecule is CCO[C@@H]1C[C@H]1C#Cc1ccc(-c2ccc(Br)cc2)cc1. The smallest absolute Gasteiger partial charge is 0.0726 e. The van der Waals surface area contributed by atoms with Crippen molar-refractivity contribution in [2.75, 3.05) is 6.61 Å². The number of hydrogen-bond donors (Lipinski definition) is 0. The molecule has 2 aromatic carbocycles. The van der Waals surface area contributed by atoms with Crippen LogP contribution in [0.2, 0.25) is 0 Å². The Morgan fingerprint density at radius 2 is 1.67 bits per heavy atom. The fourth-order valence-electron chi connectivity index (χ4n) is 2.29. The lowest BCUT2D eigenvalue weighted by Crippen LogP contribution is -1.94. The molecule has 0 heterocycles. The minimum absolute atomic E-state index is 0.365. The summed E-state index contributed by atoms with van der Waals surface area (Å²) in [5.74, 6) is 6.97. The molecule has 0 bridgehead atoms. The second-order valence-corrected chi connectivity index (χ2v) is 6.11. The van der Waals surface area contributed by atoms with Gasteiger partial charge in [0.25, 0.3) is 0 Å². The molecule has 0 unspecified atom stereocenters. The molecular formula is C19H17BrO. The van der Waals surface area contributed by atoms with Gasteiger partial charge in [-0.15, -0.1) is 0 Å². The van der Waals surface area contributed by atoms with Crippen molar-refractivity contribution in [1.29, 1.82) is 0 Å². The molecule has 0 aliphatic heterocycles. The molecule has 1 nitrogen and oxygen atoms in total. The average molecular weight is 341 g/mol. The molecular weight excluding hydrogens is 324 g/mol. The van der Waals surface area contributed by atoms with Crippen LogP contribution in [0, 0.1) is 17.8 Å². The van der Waals surface area contributed by atoms with Crippen molar-refractivity contribution in [2.24, 2.45) is 5.92 Å². The standard InChI is InChI=1S/C19H17BrO/c1-2-21-19-13-17(19)8-5-14-3-6-15(7-4-14)16-9-11-18(20)12-10-16/h3-4,6-7,9-12,17,19H,2,13H2,1H3/t17-,19-/m1/s1. The summed E-state index contributed by atoms with van der Waals surface area (Å²) in [6.07, 6.45) is 1.45. The fraction of sp³-hybridized carbons (Fsp3) is 0.263. The molecule has 0 saturated heterocycles. The monoisotopic (exact) mass is 340 g/mol. The average Bonchev–Trinajstić information content (AvgIpc) is 3.25. The Bertz CT molecular complexity index is 661. The van der Waals surface area contributed by atoms with E-state index in [1.165, 1.54) is 11.1 Å². The predicted molar refractivity (Wildman–Crippen MR) is 90.0 cm³/mol. The summed E-state index contributed by atoms with van der Waals surface area (Å²) in [5, 5.41) is 0. The van der Waals surface area contributed by atoms with Crippen LogP contribution in [-0.2, 0) is 4.74 Å². The van der Waals surface area contributed by atoms with Crippen molar-refractivity contribution in [3.63, 3.8) is 0 Å². The number of halogens is 1. The van der Waals surface area contributed by atoms with E-state index in [0.717, 1.165) is 23.1 Å². The van der Waals surface area contributed by atoms with Crippen LogP contribution < -0.4 is 0 Å². The molecule has 1 aliphatic carbocycles. The first kappa shape index (κ1) is 14.4. The number of ether oxygens (including phenoxy) is 1. The predicted octanol–water partition coefficient (Wildman–Crippen LogP) is 4.89. The lowest BCUT2D eigenvalue weighted by Gasteiger charge is -2.01. The van der Waals surface area contributed by atoms with E-state index < -0.39 is 0 Å². The Hall–Kier alpha value is -1.56. The summed E-state index contributed by atoms with van der Waals surface area (Å²) >= 11 is 3.46. The topological polar surface area (TPSA) is 9.23 Å². The molecule has 0 N–H and O–H groups in total. The highest BCUT2D eigenvalue weighted by molar-refractivity contribution is 9.10. The third kappa shape index (κ3) is 3.75. The Morgan fingerprint density at radius 3 is 2.29 bits per heavy atom. The number of hydrogen-bond acceptors (Lipinski definition) is 1. The maximum Gasteiger partial charge on any atom is 0.0726 e. The van der Waals surface area contributed by atoms with Gasteiger partial charge in [0.15, 0.2) is 0 Å². The molecule has 0 radical (unpaired) electrons. The largest absolute Gasteiger partial charge is 0.377 e. The van der Waals surface area contributed by atoms with Crippen LogP contribution in [0.3, 0.4) is 0 Å². The van der Waals surface area contributed by atoms with E-state index in [9.17, 15) is 0 Å². The van der Waals surface area contributed by atoms with Crippen LogP contribution >= 0.6 is 15.9 Å². The quantitative estimate of drug-likeness (QED) is 0.722. The van der Waals surface area contributed by atoms with Gasteiger partial charge < -0.3 is 4.74 Å². The number of benzene rings is 2. The van der Waals surface area contributed by atoms with Crippen molar-refractivity contribution < 1.29 is 4.74 Å². The zero-order chi connectivity index (χ0) is 14.7. The van der Waals surface area contributed by atoms with Crippen LogP contribution in [-0.4, -0.2) is 12.7 Å².